The number of nitrogens with two attached hydrogens (primary N) is 1. The first-order valence-corrected chi connectivity index (χ1v) is 6.38. The Morgan fingerprint density at radius 1 is 1.09 bits per heavy atom. The standard InChI is InChI=1S/C14H18N2O6/c1-20-12(17)10(15)11(13(18)21-2)16-14(19)22-8-9-6-4-3-5-7-9/h3-7,10-11H,8,15H2,1-2H3,(H,16,19)/t10-,11-/m0/s1. The number of methoxy groups -OCH3 is 2. The fourth-order valence-electron chi connectivity index (χ4n) is 1.59. The maximum atomic E-state index is 11.7. The molecule has 0 aliphatic heterocycles. The fourth-order valence-corrected chi connectivity index (χ4v) is 1.59. The first-order chi connectivity index (χ1) is 10.5. The Morgan fingerprint density at radius 3 is 2.23 bits per heavy atom. The van der Waals surface area contributed by atoms with Gasteiger partial charge in [0.1, 0.15) is 12.6 Å². The topological polar surface area (TPSA) is 117 Å². The molecule has 0 spiro atoms. The van der Waals surface area contributed by atoms with Gasteiger partial charge in [0.2, 0.25) is 0 Å². The van der Waals surface area contributed by atoms with E-state index in [-0.39, 0.29) is 6.61 Å². The maximum absolute atomic E-state index is 11.7. The van der Waals surface area contributed by atoms with Crippen LogP contribution in [0.15, 0.2) is 30.3 Å². The van der Waals surface area contributed by atoms with E-state index in [9.17, 15) is 14.4 Å². The molecule has 0 bridgehead atoms. The van der Waals surface area contributed by atoms with Crippen molar-refractivity contribution >= 4 is 18.0 Å². The zero-order chi connectivity index (χ0) is 16.5. The average Bonchev–Trinajstić information content (AvgIpc) is 2.56. The third-order valence-corrected chi connectivity index (χ3v) is 2.77. The van der Waals surface area contributed by atoms with Gasteiger partial charge in [-0.05, 0) is 5.56 Å². The Bertz CT molecular complexity index is 519. The highest BCUT2D eigenvalue weighted by Crippen LogP contribution is 2.02. The molecule has 1 amide bonds. The van der Waals surface area contributed by atoms with Gasteiger partial charge < -0.3 is 25.3 Å². The molecular weight excluding hydrogens is 292 g/mol. The molecule has 0 saturated heterocycles. The van der Waals surface area contributed by atoms with Crippen LogP contribution in [0.1, 0.15) is 5.56 Å². The summed E-state index contributed by atoms with van der Waals surface area (Å²) in [5, 5.41) is 2.19. The van der Waals surface area contributed by atoms with Crippen LogP contribution < -0.4 is 11.1 Å². The Balaban J connectivity index is 2.63. The van der Waals surface area contributed by atoms with Crippen LogP contribution in [0.25, 0.3) is 0 Å². The monoisotopic (exact) mass is 310 g/mol. The van der Waals surface area contributed by atoms with E-state index in [0.29, 0.717) is 0 Å². The number of alkyl carbamates (subject to hydrolysis) is 1. The van der Waals surface area contributed by atoms with Gasteiger partial charge in [0.15, 0.2) is 6.04 Å². The Hall–Kier alpha value is -2.61. The predicted octanol–water partition coefficient (Wildman–Crippen LogP) is -0.0453. The van der Waals surface area contributed by atoms with Crippen molar-refractivity contribution in [2.45, 2.75) is 18.7 Å². The number of esters is 2. The molecular formula is C14H18N2O6. The summed E-state index contributed by atoms with van der Waals surface area (Å²) in [5.41, 5.74) is 6.33. The molecule has 0 unspecified atom stereocenters. The Labute approximate surface area is 127 Å². The summed E-state index contributed by atoms with van der Waals surface area (Å²) in [6, 6.07) is 6.15. The number of benzene rings is 1. The highest BCUT2D eigenvalue weighted by atomic mass is 16.6. The lowest BCUT2D eigenvalue weighted by molar-refractivity contribution is -0.151. The molecule has 1 rings (SSSR count). The van der Waals surface area contributed by atoms with Crippen molar-refractivity contribution in [1.29, 1.82) is 0 Å². The highest BCUT2D eigenvalue weighted by molar-refractivity contribution is 5.89. The molecule has 0 heterocycles. The molecule has 8 heteroatoms. The summed E-state index contributed by atoms with van der Waals surface area (Å²) in [5.74, 6) is -1.74. The number of nitrogens with one attached hydrogen (secondary N) is 1. The first kappa shape index (κ1) is 17.4. The summed E-state index contributed by atoms with van der Waals surface area (Å²) in [4.78, 5) is 34.7. The van der Waals surface area contributed by atoms with Gasteiger partial charge in [0.25, 0.3) is 0 Å². The molecule has 0 aromatic heterocycles. The van der Waals surface area contributed by atoms with Gasteiger partial charge in [-0.1, -0.05) is 30.3 Å². The van der Waals surface area contributed by atoms with Gasteiger partial charge >= 0.3 is 18.0 Å². The first-order valence-electron chi connectivity index (χ1n) is 6.38. The van der Waals surface area contributed by atoms with E-state index in [1.54, 1.807) is 24.3 Å². The van der Waals surface area contributed by atoms with Gasteiger partial charge in [0.05, 0.1) is 14.2 Å². The number of carbonyl (C=O) groups excluding carboxylic acids is 3. The van der Waals surface area contributed by atoms with Crippen molar-refractivity contribution in [2.75, 3.05) is 14.2 Å². The van der Waals surface area contributed by atoms with Crippen LogP contribution in [-0.4, -0.2) is 44.3 Å². The van der Waals surface area contributed by atoms with Crippen LogP contribution in [0.4, 0.5) is 4.79 Å². The van der Waals surface area contributed by atoms with E-state index >= 15 is 0 Å². The summed E-state index contributed by atoms with van der Waals surface area (Å²) in [6.45, 7) is 0.00796. The minimum Gasteiger partial charge on any atom is -0.468 e. The van der Waals surface area contributed by atoms with E-state index in [2.05, 4.69) is 14.8 Å². The van der Waals surface area contributed by atoms with Gasteiger partial charge in [-0.25, -0.2) is 9.59 Å². The average molecular weight is 310 g/mol. The molecule has 1 aromatic rings. The van der Waals surface area contributed by atoms with E-state index in [1.807, 2.05) is 6.07 Å². The van der Waals surface area contributed by atoms with Crippen molar-refractivity contribution in [3.63, 3.8) is 0 Å². The van der Waals surface area contributed by atoms with Gasteiger partial charge in [-0.15, -0.1) is 0 Å². The largest absolute Gasteiger partial charge is 0.468 e. The molecule has 8 nitrogen and oxygen atoms in total. The van der Waals surface area contributed by atoms with Crippen LogP contribution in [0.2, 0.25) is 0 Å². The van der Waals surface area contributed by atoms with Gasteiger partial charge in [-0.2, -0.15) is 0 Å². The van der Waals surface area contributed by atoms with Crippen molar-refractivity contribution in [2.24, 2.45) is 5.73 Å². The van der Waals surface area contributed by atoms with Crippen molar-refractivity contribution in [3.05, 3.63) is 35.9 Å². The molecule has 0 radical (unpaired) electrons. The lowest BCUT2D eigenvalue weighted by atomic mass is 10.1. The van der Waals surface area contributed by atoms with Gasteiger partial charge in [-0.3, -0.25) is 4.79 Å². The molecule has 2 atom stereocenters. The summed E-state index contributed by atoms with van der Waals surface area (Å²) in [6.07, 6.45) is -0.904. The smallest absolute Gasteiger partial charge is 0.408 e. The number of amides is 1. The molecule has 22 heavy (non-hydrogen) atoms. The van der Waals surface area contributed by atoms with Crippen molar-refractivity contribution < 1.29 is 28.6 Å². The maximum Gasteiger partial charge on any atom is 0.408 e. The van der Waals surface area contributed by atoms with E-state index in [0.717, 1.165) is 19.8 Å². The predicted molar refractivity (Wildman–Crippen MR) is 75.6 cm³/mol. The summed E-state index contributed by atoms with van der Waals surface area (Å²) < 4.78 is 13.9. The third kappa shape index (κ3) is 5.06. The third-order valence-electron chi connectivity index (χ3n) is 2.77. The highest BCUT2D eigenvalue weighted by Gasteiger charge is 2.34. The lowest BCUT2D eigenvalue weighted by Crippen LogP contribution is -2.56. The molecule has 0 aliphatic rings. The van der Waals surface area contributed by atoms with Crippen LogP contribution in [-0.2, 0) is 30.4 Å². The number of ether oxygens (including phenoxy) is 3. The molecule has 0 fully saturated rings. The fraction of sp³-hybridized carbons (Fsp3) is 0.357. The van der Waals surface area contributed by atoms with Crippen molar-refractivity contribution in [3.8, 4) is 0 Å². The minimum absolute atomic E-state index is 0.00796. The van der Waals surface area contributed by atoms with Crippen LogP contribution in [0, 0.1) is 0 Å². The second kappa shape index (κ2) is 8.63. The molecule has 0 aliphatic carbocycles. The van der Waals surface area contributed by atoms with Crippen LogP contribution in [0.3, 0.4) is 0 Å². The second-order valence-corrected chi connectivity index (χ2v) is 4.26. The number of hydrogen-bond donors (Lipinski definition) is 2. The van der Waals surface area contributed by atoms with E-state index in [4.69, 9.17) is 10.5 Å². The Kier molecular flexibility index (Phi) is 6.84. The molecule has 0 saturated carbocycles. The molecule has 120 valence electrons. The van der Waals surface area contributed by atoms with E-state index < -0.39 is 30.1 Å². The number of rotatable bonds is 6. The zero-order valence-electron chi connectivity index (χ0n) is 12.3. The van der Waals surface area contributed by atoms with Crippen LogP contribution in [0.5, 0.6) is 0 Å². The summed E-state index contributed by atoms with van der Waals surface area (Å²) >= 11 is 0. The Morgan fingerprint density at radius 2 is 1.68 bits per heavy atom. The van der Waals surface area contributed by atoms with E-state index in [1.165, 1.54) is 0 Å². The second-order valence-electron chi connectivity index (χ2n) is 4.26. The zero-order valence-corrected chi connectivity index (χ0v) is 12.3. The quantitative estimate of drug-likeness (QED) is 0.559. The molecule has 1 aromatic carbocycles. The number of hydrogen-bond acceptors (Lipinski definition) is 7. The lowest BCUT2D eigenvalue weighted by Gasteiger charge is -2.20. The normalized spacial score (nSPS) is 12.7. The van der Waals surface area contributed by atoms with Crippen molar-refractivity contribution in [1.82, 2.24) is 5.32 Å². The summed E-state index contributed by atoms with van der Waals surface area (Å²) in [7, 11) is 2.22. The minimum atomic E-state index is -1.40. The SMILES string of the molecule is COC(=O)[C@@H](N)[C@H](NC(=O)OCc1ccccc1)C(=O)OC. The van der Waals surface area contributed by atoms with Crippen LogP contribution >= 0.6 is 0 Å². The number of carbonyl (C=O) groups is 3. The van der Waals surface area contributed by atoms with Gasteiger partial charge in [0, 0.05) is 0 Å². The molecule has 3 N–H and O–H groups in total.